The predicted octanol–water partition coefficient (Wildman–Crippen LogP) is 2.67. The Labute approximate surface area is 118 Å². The molecule has 0 spiro atoms. The number of halogens is 1. The van der Waals surface area contributed by atoms with E-state index < -0.39 is 12.1 Å². The van der Waals surface area contributed by atoms with Gasteiger partial charge in [0.05, 0.1) is 6.61 Å². The molecule has 8 heteroatoms. The molecule has 18 heavy (non-hydrogen) atoms. The third-order valence-corrected chi connectivity index (χ3v) is 2.61. The molecule has 1 N–H and O–H groups in total. The number of urea groups is 1. The zero-order valence-corrected chi connectivity index (χ0v) is 12.3. The molecular formula is C10H12BrN3O3S. The zero-order chi connectivity index (χ0) is 13.7. The molecule has 0 aliphatic carbocycles. The average molecular weight is 334 g/mol. The number of imide groups is 1. The van der Waals surface area contributed by atoms with Gasteiger partial charge in [0.1, 0.15) is 10.4 Å². The number of hydrogen-bond acceptors (Lipinski definition) is 5. The summed E-state index contributed by atoms with van der Waals surface area (Å²) in [5.41, 5.74) is 0.898. The van der Waals surface area contributed by atoms with Crippen LogP contribution in [0.5, 0.6) is 0 Å². The Morgan fingerprint density at radius 3 is 2.78 bits per heavy atom. The summed E-state index contributed by atoms with van der Waals surface area (Å²) in [6.45, 7) is 3.67. The standard InChI is InChI=1S/C10H12BrN3O3S/c1-3-17-10(16)13-9(15)14(18)8-5-6(2)4-7(11)12-8/h4-5,18H,3H2,1-2H3,(H,13,15,16). The molecule has 98 valence electrons. The number of carbonyl (C=O) groups is 2. The first-order chi connectivity index (χ1) is 8.43. The molecule has 0 bridgehead atoms. The number of aromatic nitrogens is 1. The van der Waals surface area contributed by atoms with Gasteiger partial charge in [-0.05, 0) is 47.5 Å². The summed E-state index contributed by atoms with van der Waals surface area (Å²) in [5, 5.41) is 2.01. The molecule has 0 aliphatic heterocycles. The van der Waals surface area contributed by atoms with Crippen LogP contribution in [0.15, 0.2) is 16.7 Å². The number of anilines is 1. The van der Waals surface area contributed by atoms with Gasteiger partial charge in [0.15, 0.2) is 0 Å². The van der Waals surface area contributed by atoms with Gasteiger partial charge >= 0.3 is 12.1 Å². The van der Waals surface area contributed by atoms with E-state index in [4.69, 9.17) is 0 Å². The number of nitrogens with one attached hydrogen (secondary N) is 1. The van der Waals surface area contributed by atoms with Crippen molar-refractivity contribution in [3.8, 4) is 0 Å². The van der Waals surface area contributed by atoms with Crippen LogP contribution in [-0.2, 0) is 4.74 Å². The van der Waals surface area contributed by atoms with Crippen molar-refractivity contribution in [2.75, 3.05) is 10.9 Å². The molecule has 0 aliphatic rings. The second kappa shape index (κ2) is 6.60. The summed E-state index contributed by atoms with van der Waals surface area (Å²) < 4.78 is 6.08. The Hall–Kier alpha value is -1.28. The van der Waals surface area contributed by atoms with Gasteiger partial charge < -0.3 is 4.74 Å². The molecule has 0 radical (unpaired) electrons. The van der Waals surface area contributed by atoms with E-state index in [9.17, 15) is 9.59 Å². The van der Waals surface area contributed by atoms with Crippen LogP contribution >= 0.6 is 28.7 Å². The predicted molar refractivity (Wildman–Crippen MR) is 73.7 cm³/mol. The lowest BCUT2D eigenvalue weighted by atomic mass is 10.3. The van der Waals surface area contributed by atoms with Crippen molar-refractivity contribution in [1.82, 2.24) is 10.3 Å². The molecule has 6 nitrogen and oxygen atoms in total. The van der Waals surface area contributed by atoms with Crippen molar-refractivity contribution >= 4 is 46.7 Å². The van der Waals surface area contributed by atoms with Gasteiger partial charge in [-0.1, -0.05) is 12.8 Å². The van der Waals surface area contributed by atoms with Crippen LogP contribution in [0, 0.1) is 6.92 Å². The van der Waals surface area contributed by atoms with Crippen LogP contribution in [-0.4, -0.2) is 23.7 Å². The number of carbonyl (C=O) groups excluding carboxylic acids is 2. The number of pyridine rings is 1. The minimum atomic E-state index is -0.826. The van der Waals surface area contributed by atoms with Crippen molar-refractivity contribution in [2.24, 2.45) is 0 Å². The van der Waals surface area contributed by atoms with Crippen molar-refractivity contribution < 1.29 is 14.3 Å². The number of nitrogens with zero attached hydrogens (tertiary/aromatic N) is 2. The van der Waals surface area contributed by atoms with Crippen molar-refractivity contribution in [2.45, 2.75) is 13.8 Å². The van der Waals surface area contributed by atoms with Gasteiger partial charge in [0.2, 0.25) is 0 Å². The van der Waals surface area contributed by atoms with E-state index in [1.165, 1.54) is 0 Å². The van der Waals surface area contributed by atoms with Crippen molar-refractivity contribution in [1.29, 1.82) is 0 Å². The number of alkyl carbamates (subject to hydrolysis) is 1. The normalized spacial score (nSPS) is 9.78. The molecule has 0 saturated carbocycles. The number of thiol groups is 1. The highest BCUT2D eigenvalue weighted by atomic mass is 79.9. The third-order valence-electron chi connectivity index (χ3n) is 1.82. The Morgan fingerprint density at radius 1 is 1.56 bits per heavy atom. The smallest absolute Gasteiger partial charge is 0.415 e. The lowest BCUT2D eigenvalue weighted by Crippen LogP contribution is -2.39. The highest BCUT2D eigenvalue weighted by molar-refractivity contribution is 9.10. The van der Waals surface area contributed by atoms with E-state index in [0.29, 0.717) is 10.4 Å². The second-order valence-electron chi connectivity index (χ2n) is 3.29. The first kappa shape index (κ1) is 14.8. The number of aryl methyl sites for hydroxylation is 1. The zero-order valence-electron chi connectivity index (χ0n) is 9.81. The number of ether oxygens (including phenoxy) is 1. The number of amides is 3. The van der Waals surface area contributed by atoms with Crippen LogP contribution in [0.25, 0.3) is 0 Å². The summed E-state index contributed by atoms with van der Waals surface area (Å²) in [6.07, 6.45) is -0.826. The molecule has 0 saturated heterocycles. The van der Waals surface area contributed by atoms with E-state index in [1.54, 1.807) is 19.1 Å². The molecule has 0 unspecified atom stereocenters. The summed E-state index contributed by atoms with van der Waals surface area (Å²) in [6, 6.07) is 2.71. The van der Waals surface area contributed by atoms with E-state index in [0.717, 1.165) is 9.87 Å². The van der Waals surface area contributed by atoms with E-state index in [2.05, 4.69) is 38.5 Å². The Bertz CT molecular complexity index is 449. The molecule has 1 aromatic rings. The SMILES string of the molecule is CCOC(=O)NC(=O)N(S)c1cc(C)cc(Br)n1. The topological polar surface area (TPSA) is 71.5 Å². The van der Waals surface area contributed by atoms with Crippen molar-refractivity contribution in [3.05, 3.63) is 22.3 Å². The molecule has 1 aromatic heterocycles. The lowest BCUT2D eigenvalue weighted by Gasteiger charge is -2.15. The summed E-state index contributed by atoms with van der Waals surface area (Å²) in [4.78, 5) is 26.8. The fourth-order valence-electron chi connectivity index (χ4n) is 1.13. The third kappa shape index (κ3) is 4.19. The maximum absolute atomic E-state index is 11.6. The quantitative estimate of drug-likeness (QED) is 0.644. The van der Waals surface area contributed by atoms with Crippen LogP contribution < -0.4 is 9.62 Å². The van der Waals surface area contributed by atoms with E-state index >= 15 is 0 Å². The molecule has 0 aromatic carbocycles. The second-order valence-corrected chi connectivity index (χ2v) is 4.50. The molecule has 0 atom stereocenters. The first-order valence-electron chi connectivity index (χ1n) is 5.05. The Balaban J connectivity index is 2.77. The first-order valence-corrected chi connectivity index (χ1v) is 6.24. The summed E-state index contributed by atoms with van der Waals surface area (Å²) in [5.74, 6) is 0.298. The van der Waals surface area contributed by atoms with Gasteiger partial charge in [-0.15, -0.1) is 0 Å². The fourth-order valence-corrected chi connectivity index (χ4v) is 1.82. The Kier molecular flexibility index (Phi) is 5.42. The highest BCUT2D eigenvalue weighted by Crippen LogP contribution is 2.19. The minimum absolute atomic E-state index is 0.180. The maximum Gasteiger partial charge on any atom is 0.415 e. The van der Waals surface area contributed by atoms with Gasteiger partial charge in [-0.25, -0.2) is 24.2 Å². The maximum atomic E-state index is 11.6. The Morgan fingerprint density at radius 2 is 2.22 bits per heavy atom. The van der Waals surface area contributed by atoms with Crippen LogP contribution in [0.1, 0.15) is 12.5 Å². The van der Waals surface area contributed by atoms with Crippen LogP contribution in [0.4, 0.5) is 15.4 Å². The monoisotopic (exact) mass is 333 g/mol. The summed E-state index contributed by atoms with van der Waals surface area (Å²) >= 11 is 7.19. The van der Waals surface area contributed by atoms with Crippen LogP contribution in [0.3, 0.4) is 0 Å². The molecule has 0 fully saturated rings. The number of rotatable bonds is 2. The fraction of sp³-hybridized carbons (Fsp3) is 0.300. The average Bonchev–Trinajstić information content (AvgIpc) is 2.26. The summed E-state index contributed by atoms with van der Waals surface area (Å²) in [7, 11) is 0. The highest BCUT2D eigenvalue weighted by Gasteiger charge is 2.17. The van der Waals surface area contributed by atoms with E-state index in [-0.39, 0.29) is 6.61 Å². The van der Waals surface area contributed by atoms with Gasteiger partial charge in [-0.3, -0.25) is 0 Å². The van der Waals surface area contributed by atoms with Crippen LogP contribution in [0.2, 0.25) is 0 Å². The lowest BCUT2D eigenvalue weighted by molar-refractivity contribution is 0.154. The van der Waals surface area contributed by atoms with Gasteiger partial charge in [-0.2, -0.15) is 0 Å². The van der Waals surface area contributed by atoms with Gasteiger partial charge in [0.25, 0.3) is 0 Å². The van der Waals surface area contributed by atoms with Crippen molar-refractivity contribution in [3.63, 3.8) is 0 Å². The van der Waals surface area contributed by atoms with E-state index in [1.807, 2.05) is 12.2 Å². The molecule has 1 heterocycles. The van der Waals surface area contributed by atoms with Gasteiger partial charge in [0, 0.05) is 0 Å². The molecule has 3 amide bonds. The number of hydrogen-bond donors (Lipinski definition) is 2. The largest absolute Gasteiger partial charge is 0.450 e. The molecular weight excluding hydrogens is 322 g/mol. The minimum Gasteiger partial charge on any atom is -0.450 e. The molecule has 1 rings (SSSR count).